The summed E-state index contributed by atoms with van der Waals surface area (Å²) < 4.78 is 10.6. The zero-order valence-corrected chi connectivity index (χ0v) is 16.4. The summed E-state index contributed by atoms with van der Waals surface area (Å²) in [6, 6.07) is 0.407. The van der Waals surface area contributed by atoms with Crippen LogP contribution in [-0.2, 0) is 14.3 Å². The summed E-state index contributed by atoms with van der Waals surface area (Å²) in [6.45, 7) is 13.0. The molecule has 25 heavy (non-hydrogen) atoms. The minimum atomic E-state index is -0.511. The molecule has 3 atom stereocenters. The van der Waals surface area contributed by atoms with Crippen molar-refractivity contribution in [2.75, 3.05) is 26.2 Å². The van der Waals surface area contributed by atoms with Crippen LogP contribution in [0.3, 0.4) is 0 Å². The Hall–Kier alpha value is -1.30. The molecule has 0 spiro atoms. The molecule has 0 aromatic carbocycles. The number of ether oxygens (including phenoxy) is 2. The highest BCUT2D eigenvalue weighted by atomic mass is 16.6. The molecule has 1 unspecified atom stereocenters. The lowest BCUT2D eigenvalue weighted by Crippen LogP contribution is -2.41. The molecule has 2 aliphatic rings. The predicted molar refractivity (Wildman–Crippen MR) is 96.4 cm³/mol. The van der Waals surface area contributed by atoms with Gasteiger partial charge >= 0.3 is 12.1 Å². The molecule has 1 amide bonds. The number of amides is 1. The van der Waals surface area contributed by atoms with E-state index in [4.69, 9.17) is 9.47 Å². The standard InChI is InChI=1S/C19H34N2O4/c1-6-24-17(22)8-7-15-11-16(20-10-9-14(2)12-20)13-21(15)18(23)25-19(3,4)5/h14-16H,6-13H2,1-5H3/t14?,15-,16+/m1/s1. The van der Waals surface area contributed by atoms with Gasteiger partial charge in [-0.3, -0.25) is 9.69 Å². The Morgan fingerprint density at radius 3 is 2.48 bits per heavy atom. The summed E-state index contributed by atoms with van der Waals surface area (Å²) in [6.07, 6.45) is 2.84. The van der Waals surface area contributed by atoms with Gasteiger partial charge in [-0.25, -0.2) is 4.79 Å². The van der Waals surface area contributed by atoms with E-state index in [0.29, 0.717) is 38.0 Å². The quantitative estimate of drug-likeness (QED) is 0.710. The first-order chi connectivity index (χ1) is 11.7. The van der Waals surface area contributed by atoms with Crippen LogP contribution in [-0.4, -0.2) is 65.8 Å². The molecule has 0 aromatic rings. The minimum absolute atomic E-state index is 0.0418. The molecule has 6 heteroatoms. The van der Waals surface area contributed by atoms with E-state index in [-0.39, 0.29) is 18.1 Å². The topological polar surface area (TPSA) is 59.1 Å². The van der Waals surface area contributed by atoms with Crippen LogP contribution >= 0.6 is 0 Å². The lowest BCUT2D eigenvalue weighted by atomic mass is 10.1. The second-order valence-corrected chi connectivity index (χ2v) is 8.41. The van der Waals surface area contributed by atoms with Gasteiger partial charge in [-0.1, -0.05) is 6.92 Å². The van der Waals surface area contributed by atoms with Gasteiger partial charge in [-0.2, -0.15) is 0 Å². The molecule has 2 saturated heterocycles. The number of hydrogen-bond donors (Lipinski definition) is 0. The number of likely N-dealkylation sites (tertiary alicyclic amines) is 2. The maximum absolute atomic E-state index is 12.6. The minimum Gasteiger partial charge on any atom is -0.466 e. The van der Waals surface area contributed by atoms with Crippen LogP contribution in [0.25, 0.3) is 0 Å². The third-order valence-corrected chi connectivity index (χ3v) is 4.98. The van der Waals surface area contributed by atoms with Crippen molar-refractivity contribution >= 4 is 12.1 Å². The molecule has 0 radical (unpaired) electrons. The van der Waals surface area contributed by atoms with Crippen LogP contribution in [0.1, 0.15) is 60.3 Å². The summed E-state index contributed by atoms with van der Waals surface area (Å²) in [5, 5.41) is 0. The van der Waals surface area contributed by atoms with Gasteiger partial charge in [-0.05, 0) is 59.4 Å². The van der Waals surface area contributed by atoms with Gasteiger partial charge in [0, 0.05) is 31.6 Å². The van der Waals surface area contributed by atoms with E-state index in [1.54, 1.807) is 0 Å². The molecule has 144 valence electrons. The Morgan fingerprint density at radius 1 is 1.20 bits per heavy atom. The normalized spacial score (nSPS) is 27.6. The van der Waals surface area contributed by atoms with E-state index in [9.17, 15) is 9.59 Å². The lowest BCUT2D eigenvalue weighted by molar-refractivity contribution is -0.143. The monoisotopic (exact) mass is 354 g/mol. The lowest BCUT2D eigenvalue weighted by Gasteiger charge is -2.28. The van der Waals surface area contributed by atoms with Crippen molar-refractivity contribution in [3.63, 3.8) is 0 Å². The van der Waals surface area contributed by atoms with Crippen molar-refractivity contribution < 1.29 is 19.1 Å². The highest BCUT2D eigenvalue weighted by Crippen LogP contribution is 2.30. The van der Waals surface area contributed by atoms with Crippen molar-refractivity contribution in [2.24, 2.45) is 5.92 Å². The van der Waals surface area contributed by atoms with Gasteiger partial charge in [0.2, 0.25) is 0 Å². The summed E-state index contributed by atoms with van der Waals surface area (Å²) in [4.78, 5) is 28.7. The fraction of sp³-hybridized carbons (Fsp3) is 0.895. The Kier molecular flexibility index (Phi) is 6.72. The molecular weight excluding hydrogens is 320 g/mol. The van der Waals surface area contributed by atoms with Crippen LogP contribution in [0.15, 0.2) is 0 Å². The first kappa shape index (κ1) is 20.0. The van der Waals surface area contributed by atoms with Gasteiger partial charge in [0.15, 0.2) is 0 Å². The fourth-order valence-corrected chi connectivity index (χ4v) is 3.79. The summed E-state index contributed by atoms with van der Waals surface area (Å²) in [5.74, 6) is 0.526. The second-order valence-electron chi connectivity index (χ2n) is 8.41. The number of rotatable bonds is 5. The molecule has 0 aliphatic carbocycles. The van der Waals surface area contributed by atoms with Crippen LogP contribution in [0.5, 0.6) is 0 Å². The van der Waals surface area contributed by atoms with Gasteiger partial charge in [0.05, 0.1) is 6.61 Å². The van der Waals surface area contributed by atoms with E-state index in [1.807, 2.05) is 32.6 Å². The smallest absolute Gasteiger partial charge is 0.410 e. The Balaban J connectivity index is 2.00. The van der Waals surface area contributed by atoms with Gasteiger partial charge in [-0.15, -0.1) is 0 Å². The molecule has 2 rings (SSSR count). The number of hydrogen-bond acceptors (Lipinski definition) is 5. The van der Waals surface area contributed by atoms with Crippen molar-refractivity contribution in [3.8, 4) is 0 Å². The summed E-state index contributed by atoms with van der Waals surface area (Å²) >= 11 is 0. The summed E-state index contributed by atoms with van der Waals surface area (Å²) in [5.41, 5.74) is -0.511. The van der Waals surface area contributed by atoms with Gasteiger partial charge < -0.3 is 14.4 Å². The average molecular weight is 354 g/mol. The molecular formula is C19H34N2O4. The molecule has 6 nitrogen and oxygen atoms in total. The van der Waals surface area contributed by atoms with Gasteiger partial charge in [0.25, 0.3) is 0 Å². The highest BCUT2D eigenvalue weighted by molar-refractivity contribution is 5.71. The van der Waals surface area contributed by atoms with Crippen molar-refractivity contribution in [2.45, 2.75) is 78.0 Å². The number of carbonyl (C=O) groups is 2. The molecule has 0 saturated carbocycles. The van der Waals surface area contributed by atoms with E-state index in [1.165, 1.54) is 6.42 Å². The number of nitrogens with zero attached hydrogens (tertiary/aromatic N) is 2. The first-order valence-corrected chi connectivity index (χ1v) is 9.59. The van der Waals surface area contributed by atoms with E-state index in [0.717, 1.165) is 19.5 Å². The predicted octanol–water partition coefficient (Wildman–Crippen LogP) is 3.05. The largest absolute Gasteiger partial charge is 0.466 e. The number of esters is 1. The highest BCUT2D eigenvalue weighted by Gasteiger charge is 2.41. The maximum Gasteiger partial charge on any atom is 0.410 e. The third kappa shape index (κ3) is 5.87. The van der Waals surface area contributed by atoms with Crippen molar-refractivity contribution in [1.82, 2.24) is 9.80 Å². The average Bonchev–Trinajstić information content (AvgIpc) is 3.09. The van der Waals surface area contributed by atoms with Crippen molar-refractivity contribution in [1.29, 1.82) is 0 Å². The van der Waals surface area contributed by atoms with E-state index >= 15 is 0 Å². The molecule has 2 fully saturated rings. The summed E-state index contributed by atoms with van der Waals surface area (Å²) in [7, 11) is 0. The van der Waals surface area contributed by atoms with E-state index in [2.05, 4.69) is 11.8 Å². The molecule has 0 N–H and O–H groups in total. The zero-order chi connectivity index (χ0) is 18.6. The maximum atomic E-state index is 12.6. The zero-order valence-electron chi connectivity index (χ0n) is 16.4. The molecule has 2 aliphatic heterocycles. The fourth-order valence-electron chi connectivity index (χ4n) is 3.79. The molecule has 2 heterocycles. The molecule has 0 aromatic heterocycles. The Morgan fingerprint density at radius 2 is 1.92 bits per heavy atom. The third-order valence-electron chi connectivity index (χ3n) is 4.98. The first-order valence-electron chi connectivity index (χ1n) is 9.59. The van der Waals surface area contributed by atoms with Crippen LogP contribution in [0, 0.1) is 5.92 Å². The van der Waals surface area contributed by atoms with Crippen molar-refractivity contribution in [3.05, 3.63) is 0 Å². The van der Waals surface area contributed by atoms with Crippen LogP contribution < -0.4 is 0 Å². The van der Waals surface area contributed by atoms with Crippen LogP contribution in [0.4, 0.5) is 4.79 Å². The Labute approximate surface area is 151 Å². The van der Waals surface area contributed by atoms with E-state index < -0.39 is 5.60 Å². The molecule has 0 bridgehead atoms. The SMILES string of the molecule is CCOC(=O)CC[C@@H]1C[C@H](N2CCC(C)C2)CN1C(=O)OC(C)(C)C. The second kappa shape index (κ2) is 8.39. The van der Waals surface area contributed by atoms with Gasteiger partial charge in [0.1, 0.15) is 5.60 Å². The van der Waals surface area contributed by atoms with Crippen LogP contribution in [0.2, 0.25) is 0 Å². The Bertz CT molecular complexity index is 475. The number of carbonyl (C=O) groups excluding carboxylic acids is 2.